The summed E-state index contributed by atoms with van der Waals surface area (Å²) in [7, 11) is 0. The fraction of sp³-hybridized carbons (Fsp3) is 0.250. The highest BCUT2D eigenvalue weighted by atomic mass is 19.4. The van der Waals surface area contributed by atoms with Gasteiger partial charge in [0.25, 0.3) is 5.69 Å². The van der Waals surface area contributed by atoms with E-state index in [1.165, 1.54) is 6.92 Å². The van der Waals surface area contributed by atoms with E-state index in [1.807, 2.05) is 0 Å². The summed E-state index contributed by atoms with van der Waals surface area (Å²) in [6, 6.07) is 0.692. The van der Waals surface area contributed by atoms with Gasteiger partial charge in [-0.2, -0.15) is 13.2 Å². The number of nitro groups is 1. The zero-order chi connectivity index (χ0) is 16.2. The van der Waals surface area contributed by atoms with Crippen LogP contribution in [0.3, 0.4) is 0 Å². The molecule has 5 nitrogen and oxygen atoms in total. The molecule has 9 heteroatoms. The molecule has 21 heavy (non-hydrogen) atoms. The molecule has 0 heterocycles. The number of alkyl halides is 3. The van der Waals surface area contributed by atoms with Crippen LogP contribution < -0.4 is 0 Å². The summed E-state index contributed by atoms with van der Waals surface area (Å²) in [4.78, 5) is 20.5. The number of ether oxygens (including phenoxy) is 1. The van der Waals surface area contributed by atoms with Crippen LogP contribution in [0, 0.1) is 15.9 Å². The SMILES string of the molecule is CCOC(=O)/C=C/c1cc([N+](=O)[O-])cc(C(F)(F)F)c1F. The lowest BCUT2D eigenvalue weighted by atomic mass is 10.1. The lowest BCUT2D eigenvalue weighted by Gasteiger charge is -2.09. The summed E-state index contributed by atoms with van der Waals surface area (Å²) in [6.45, 7) is 1.52. The van der Waals surface area contributed by atoms with Gasteiger partial charge in [0, 0.05) is 23.8 Å². The van der Waals surface area contributed by atoms with Gasteiger partial charge in [-0.3, -0.25) is 10.1 Å². The molecule has 0 atom stereocenters. The lowest BCUT2D eigenvalue weighted by molar-refractivity contribution is -0.385. The van der Waals surface area contributed by atoms with Gasteiger partial charge < -0.3 is 4.74 Å². The molecule has 1 rings (SSSR count). The highest BCUT2D eigenvalue weighted by Gasteiger charge is 2.36. The third kappa shape index (κ3) is 4.26. The first-order valence-electron chi connectivity index (χ1n) is 5.56. The van der Waals surface area contributed by atoms with Crippen molar-refractivity contribution in [3.05, 3.63) is 45.3 Å². The molecule has 0 unspecified atom stereocenters. The van der Waals surface area contributed by atoms with Crippen molar-refractivity contribution in [1.29, 1.82) is 0 Å². The van der Waals surface area contributed by atoms with Crippen LogP contribution in [0.2, 0.25) is 0 Å². The van der Waals surface area contributed by atoms with Crippen molar-refractivity contribution in [1.82, 2.24) is 0 Å². The monoisotopic (exact) mass is 307 g/mol. The van der Waals surface area contributed by atoms with Crippen LogP contribution in [0.1, 0.15) is 18.1 Å². The Kier molecular flexibility index (Phi) is 5.01. The van der Waals surface area contributed by atoms with Crippen molar-refractivity contribution in [2.45, 2.75) is 13.1 Å². The van der Waals surface area contributed by atoms with Crippen LogP contribution in [0.4, 0.5) is 23.2 Å². The number of benzene rings is 1. The average molecular weight is 307 g/mol. The van der Waals surface area contributed by atoms with E-state index in [2.05, 4.69) is 4.74 Å². The van der Waals surface area contributed by atoms with E-state index >= 15 is 0 Å². The zero-order valence-electron chi connectivity index (χ0n) is 10.6. The van der Waals surface area contributed by atoms with Crippen LogP contribution in [0.5, 0.6) is 0 Å². The third-order valence-electron chi connectivity index (χ3n) is 2.29. The third-order valence-corrected chi connectivity index (χ3v) is 2.29. The van der Waals surface area contributed by atoms with Gasteiger partial charge >= 0.3 is 12.1 Å². The van der Waals surface area contributed by atoms with Gasteiger partial charge in [0.05, 0.1) is 17.1 Å². The molecule has 1 aromatic rings. The summed E-state index contributed by atoms with van der Waals surface area (Å²) in [5.41, 5.74) is -3.45. The molecule has 0 aliphatic heterocycles. The Morgan fingerprint density at radius 3 is 2.52 bits per heavy atom. The predicted octanol–water partition coefficient (Wildman–Crippen LogP) is 3.33. The minimum Gasteiger partial charge on any atom is -0.463 e. The minimum absolute atomic E-state index is 0.0222. The standard InChI is InChI=1S/C12H9F4NO4/c1-2-21-10(18)4-3-7-5-8(17(19)20)6-9(11(7)13)12(14,15)16/h3-6H,2H2,1H3/b4-3+. The number of hydrogen-bond donors (Lipinski definition) is 0. The van der Waals surface area contributed by atoms with E-state index in [0.29, 0.717) is 18.2 Å². The second-order valence-corrected chi connectivity index (χ2v) is 3.74. The summed E-state index contributed by atoms with van der Waals surface area (Å²) in [5, 5.41) is 10.6. The van der Waals surface area contributed by atoms with Crippen molar-refractivity contribution < 1.29 is 32.0 Å². The molecule has 0 bridgehead atoms. The summed E-state index contributed by atoms with van der Waals surface area (Å²) in [5.74, 6) is -2.61. The van der Waals surface area contributed by atoms with Crippen LogP contribution >= 0.6 is 0 Å². The number of carbonyl (C=O) groups is 1. The summed E-state index contributed by atoms with van der Waals surface area (Å²) < 4.78 is 56.0. The first kappa shape index (κ1) is 16.6. The first-order chi connectivity index (χ1) is 9.66. The molecule has 0 radical (unpaired) electrons. The highest BCUT2D eigenvalue weighted by Crippen LogP contribution is 2.35. The quantitative estimate of drug-likeness (QED) is 0.281. The fourth-order valence-electron chi connectivity index (χ4n) is 1.41. The van der Waals surface area contributed by atoms with Crippen molar-refractivity contribution in [2.75, 3.05) is 6.61 Å². The molecule has 0 aliphatic carbocycles. The molecule has 0 saturated heterocycles. The van der Waals surface area contributed by atoms with E-state index in [0.717, 1.165) is 0 Å². The Labute approximate surface area is 116 Å². The van der Waals surface area contributed by atoms with Gasteiger partial charge in [0.1, 0.15) is 5.82 Å². The molecule has 0 aromatic heterocycles. The summed E-state index contributed by atoms with van der Waals surface area (Å²) >= 11 is 0. The molecular weight excluding hydrogens is 298 g/mol. The smallest absolute Gasteiger partial charge is 0.419 e. The van der Waals surface area contributed by atoms with Crippen LogP contribution in [-0.2, 0) is 15.7 Å². The Hall–Kier alpha value is -2.45. The molecule has 1 aromatic carbocycles. The van der Waals surface area contributed by atoms with Gasteiger partial charge in [-0.15, -0.1) is 0 Å². The van der Waals surface area contributed by atoms with Crippen molar-refractivity contribution in [3.8, 4) is 0 Å². The Morgan fingerprint density at radius 2 is 2.05 bits per heavy atom. The van der Waals surface area contributed by atoms with E-state index in [-0.39, 0.29) is 12.7 Å². The molecule has 0 N–H and O–H groups in total. The average Bonchev–Trinajstić information content (AvgIpc) is 2.36. The molecule has 0 amide bonds. The van der Waals surface area contributed by atoms with Gasteiger partial charge in [-0.1, -0.05) is 0 Å². The zero-order valence-corrected chi connectivity index (χ0v) is 10.6. The van der Waals surface area contributed by atoms with Gasteiger partial charge in [0.2, 0.25) is 0 Å². The maximum atomic E-state index is 13.7. The molecule has 0 aliphatic rings. The van der Waals surface area contributed by atoms with Crippen LogP contribution in [0.25, 0.3) is 6.08 Å². The maximum Gasteiger partial charge on any atom is 0.419 e. The van der Waals surface area contributed by atoms with Crippen LogP contribution in [0.15, 0.2) is 18.2 Å². The Balaban J connectivity index is 3.34. The number of rotatable bonds is 4. The first-order valence-corrected chi connectivity index (χ1v) is 5.56. The molecule has 0 saturated carbocycles. The summed E-state index contributed by atoms with van der Waals surface area (Å²) in [6.07, 6.45) is -3.72. The van der Waals surface area contributed by atoms with E-state index in [4.69, 9.17) is 0 Å². The van der Waals surface area contributed by atoms with Gasteiger partial charge in [-0.05, 0) is 13.0 Å². The number of hydrogen-bond acceptors (Lipinski definition) is 4. The van der Waals surface area contributed by atoms with Crippen LogP contribution in [-0.4, -0.2) is 17.5 Å². The molecular formula is C12H9F4NO4. The van der Waals surface area contributed by atoms with E-state index < -0.39 is 39.7 Å². The number of non-ortho nitro benzene ring substituents is 1. The number of nitro benzene ring substituents is 1. The minimum atomic E-state index is -5.09. The largest absolute Gasteiger partial charge is 0.463 e. The highest BCUT2D eigenvalue weighted by molar-refractivity contribution is 5.87. The number of carbonyl (C=O) groups excluding carboxylic acids is 1. The Morgan fingerprint density at radius 1 is 1.43 bits per heavy atom. The molecule has 0 spiro atoms. The lowest BCUT2D eigenvalue weighted by Crippen LogP contribution is -2.10. The fourth-order valence-corrected chi connectivity index (χ4v) is 1.41. The number of nitrogens with zero attached hydrogens (tertiary/aromatic N) is 1. The normalized spacial score (nSPS) is 11.7. The van der Waals surface area contributed by atoms with Crippen molar-refractivity contribution >= 4 is 17.7 Å². The van der Waals surface area contributed by atoms with Gasteiger partial charge in [-0.25, -0.2) is 9.18 Å². The molecule has 0 fully saturated rings. The van der Waals surface area contributed by atoms with Gasteiger partial charge in [0.15, 0.2) is 0 Å². The topological polar surface area (TPSA) is 69.4 Å². The Bertz CT molecular complexity index is 596. The van der Waals surface area contributed by atoms with Crippen molar-refractivity contribution in [3.63, 3.8) is 0 Å². The second kappa shape index (κ2) is 6.33. The maximum absolute atomic E-state index is 13.7. The molecule has 114 valence electrons. The number of halogens is 4. The predicted molar refractivity (Wildman–Crippen MR) is 63.7 cm³/mol. The second-order valence-electron chi connectivity index (χ2n) is 3.74. The van der Waals surface area contributed by atoms with Crippen molar-refractivity contribution in [2.24, 2.45) is 0 Å². The van der Waals surface area contributed by atoms with E-state index in [9.17, 15) is 32.5 Å². The van der Waals surface area contributed by atoms with E-state index in [1.54, 1.807) is 0 Å². The number of esters is 1.